The molecule has 0 amide bonds. The molecule has 2 heterocycles. The molecule has 0 spiro atoms. The molecule has 2 aromatic heterocycles. The van der Waals surface area contributed by atoms with Crippen LogP contribution >= 0.6 is 0 Å². The zero-order chi connectivity index (χ0) is 34.9. The minimum absolute atomic E-state index is 0.670. The maximum atomic E-state index is 6.18. The van der Waals surface area contributed by atoms with Crippen molar-refractivity contribution in [3.8, 4) is 45.0 Å². The highest BCUT2D eigenvalue weighted by atomic mass is 16.3. The van der Waals surface area contributed by atoms with E-state index in [1.165, 1.54) is 43.3 Å². The Labute approximate surface area is 305 Å². The largest absolute Gasteiger partial charge is 0.456 e. The molecule has 0 fully saturated rings. The minimum Gasteiger partial charge on any atom is -0.456 e. The SMILES string of the molecule is c1ccc(-c2cc(-c3cc4ccccc4cc3-c3cccc4c3ccc3c5ccccc5ccc43)nc(-c3ccc4oc5ccccc5c4c3)n2)cc1. The van der Waals surface area contributed by atoms with Gasteiger partial charge < -0.3 is 4.42 Å². The fraction of sp³-hybridized carbons (Fsp3) is 0. The van der Waals surface area contributed by atoms with Crippen LogP contribution in [0.4, 0.5) is 0 Å². The van der Waals surface area contributed by atoms with Crippen LogP contribution in [0.25, 0.3) is 110 Å². The molecule has 0 unspecified atom stereocenters. The van der Waals surface area contributed by atoms with E-state index in [0.29, 0.717) is 5.82 Å². The van der Waals surface area contributed by atoms with Gasteiger partial charge in [-0.2, -0.15) is 0 Å². The van der Waals surface area contributed by atoms with Crippen molar-refractivity contribution in [2.24, 2.45) is 0 Å². The van der Waals surface area contributed by atoms with E-state index in [1.54, 1.807) is 0 Å². The summed E-state index contributed by atoms with van der Waals surface area (Å²) < 4.78 is 6.18. The molecule has 0 aliphatic heterocycles. The van der Waals surface area contributed by atoms with Crippen LogP contribution in [0.5, 0.6) is 0 Å². The molecule has 0 N–H and O–H groups in total. The number of hydrogen-bond donors (Lipinski definition) is 0. The number of furan rings is 1. The van der Waals surface area contributed by atoms with Crippen LogP contribution in [-0.2, 0) is 0 Å². The van der Waals surface area contributed by atoms with Crippen molar-refractivity contribution in [3.05, 3.63) is 182 Å². The minimum atomic E-state index is 0.670. The molecule has 0 saturated carbocycles. The number of rotatable bonds is 4. The molecule has 246 valence electrons. The molecule has 11 aromatic rings. The van der Waals surface area contributed by atoms with Crippen molar-refractivity contribution in [2.75, 3.05) is 0 Å². The molecule has 9 aromatic carbocycles. The van der Waals surface area contributed by atoms with Crippen molar-refractivity contribution < 1.29 is 4.42 Å². The van der Waals surface area contributed by atoms with Gasteiger partial charge in [0.1, 0.15) is 11.2 Å². The number of nitrogens with zero attached hydrogens (tertiary/aromatic N) is 2. The van der Waals surface area contributed by atoms with Crippen LogP contribution < -0.4 is 0 Å². The second kappa shape index (κ2) is 11.7. The quantitative estimate of drug-likeness (QED) is 0.174. The molecule has 0 atom stereocenters. The first kappa shape index (κ1) is 29.6. The van der Waals surface area contributed by atoms with Gasteiger partial charge in [-0.1, -0.05) is 140 Å². The monoisotopic (exact) mass is 674 g/mol. The lowest BCUT2D eigenvalue weighted by Crippen LogP contribution is -1.97. The average molecular weight is 675 g/mol. The Hall–Kier alpha value is -7.10. The van der Waals surface area contributed by atoms with Crippen molar-refractivity contribution in [1.82, 2.24) is 9.97 Å². The highest BCUT2D eigenvalue weighted by Crippen LogP contribution is 2.42. The van der Waals surface area contributed by atoms with Gasteiger partial charge in [0.2, 0.25) is 0 Å². The molecule has 53 heavy (non-hydrogen) atoms. The Morgan fingerprint density at radius 2 is 0.925 bits per heavy atom. The molecule has 0 aliphatic carbocycles. The Bertz CT molecular complexity index is 3230. The normalized spacial score (nSPS) is 11.8. The molecule has 0 aliphatic rings. The van der Waals surface area contributed by atoms with Crippen LogP contribution in [0.3, 0.4) is 0 Å². The number of hydrogen-bond acceptors (Lipinski definition) is 3. The van der Waals surface area contributed by atoms with Crippen LogP contribution in [0.2, 0.25) is 0 Å². The second-order valence-electron chi connectivity index (χ2n) is 13.7. The van der Waals surface area contributed by atoms with Gasteiger partial charge in [0, 0.05) is 27.5 Å². The van der Waals surface area contributed by atoms with Gasteiger partial charge in [-0.15, -0.1) is 0 Å². The maximum absolute atomic E-state index is 6.18. The molecule has 3 heteroatoms. The van der Waals surface area contributed by atoms with Crippen LogP contribution in [0.1, 0.15) is 0 Å². The Kier molecular flexibility index (Phi) is 6.55. The van der Waals surface area contributed by atoms with E-state index >= 15 is 0 Å². The first-order valence-corrected chi connectivity index (χ1v) is 18.0. The summed E-state index contributed by atoms with van der Waals surface area (Å²) in [6.45, 7) is 0. The predicted octanol–water partition coefficient (Wildman–Crippen LogP) is 13.7. The van der Waals surface area contributed by atoms with Crippen LogP contribution in [-0.4, -0.2) is 9.97 Å². The third-order valence-corrected chi connectivity index (χ3v) is 10.7. The molecular formula is C50H30N2O. The van der Waals surface area contributed by atoms with Gasteiger partial charge in [-0.25, -0.2) is 9.97 Å². The van der Waals surface area contributed by atoms with Gasteiger partial charge in [0.15, 0.2) is 5.82 Å². The van der Waals surface area contributed by atoms with Crippen molar-refractivity contribution in [3.63, 3.8) is 0 Å². The van der Waals surface area contributed by atoms with E-state index < -0.39 is 0 Å². The lowest BCUT2D eigenvalue weighted by Gasteiger charge is -2.17. The van der Waals surface area contributed by atoms with E-state index in [-0.39, 0.29) is 0 Å². The smallest absolute Gasteiger partial charge is 0.160 e. The lowest BCUT2D eigenvalue weighted by molar-refractivity contribution is 0.669. The summed E-state index contributed by atoms with van der Waals surface area (Å²) in [5.74, 6) is 0.670. The Morgan fingerprint density at radius 1 is 0.302 bits per heavy atom. The molecule has 0 bridgehead atoms. The third kappa shape index (κ3) is 4.82. The van der Waals surface area contributed by atoms with E-state index in [0.717, 1.165) is 61.0 Å². The summed E-state index contributed by atoms with van der Waals surface area (Å²) in [5, 5.41) is 12.0. The predicted molar refractivity (Wildman–Crippen MR) is 221 cm³/mol. The number of fused-ring (bicyclic) bond motifs is 9. The zero-order valence-electron chi connectivity index (χ0n) is 28.6. The standard InChI is InChI=1S/C50H30N2O/c1-2-12-32(13-3-1)46-30-47(52-50(51-46)35-22-26-49-45(29-35)42-17-8-9-20-48(42)53-49)44-28-34-15-5-4-14-33(34)27-43(44)38-19-10-18-37-40-23-21-31-11-6-7-16-36(31)39(40)24-25-41(37)38/h1-30H. The molecule has 11 rings (SSSR count). The summed E-state index contributed by atoms with van der Waals surface area (Å²) in [5.41, 5.74) is 8.81. The van der Waals surface area contributed by atoms with Crippen molar-refractivity contribution in [1.29, 1.82) is 0 Å². The van der Waals surface area contributed by atoms with Gasteiger partial charge in [0.05, 0.1) is 11.4 Å². The number of aromatic nitrogens is 2. The van der Waals surface area contributed by atoms with Crippen molar-refractivity contribution in [2.45, 2.75) is 0 Å². The lowest BCUT2D eigenvalue weighted by atomic mass is 9.88. The topological polar surface area (TPSA) is 38.9 Å². The molecule has 0 saturated heterocycles. The Balaban J connectivity index is 1.18. The van der Waals surface area contributed by atoms with E-state index in [2.05, 4.69) is 152 Å². The van der Waals surface area contributed by atoms with E-state index in [1.807, 2.05) is 30.3 Å². The van der Waals surface area contributed by atoms with Crippen molar-refractivity contribution >= 4 is 65.0 Å². The second-order valence-corrected chi connectivity index (χ2v) is 13.7. The summed E-state index contributed by atoms with van der Waals surface area (Å²) in [6.07, 6.45) is 0. The number of para-hydroxylation sites is 1. The molecular weight excluding hydrogens is 645 g/mol. The van der Waals surface area contributed by atoms with Crippen LogP contribution in [0, 0.1) is 0 Å². The summed E-state index contributed by atoms with van der Waals surface area (Å²) >= 11 is 0. The van der Waals surface area contributed by atoms with Gasteiger partial charge in [0.25, 0.3) is 0 Å². The molecule has 0 radical (unpaired) electrons. The summed E-state index contributed by atoms with van der Waals surface area (Å²) in [4.78, 5) is 10.6. The highest BCUT2D eigenvalue weighted by Gasteiger charge is 2.18. The van der Waals surface area contributed by atoms with Gasteiger partial charge in [-0.3, -0.25) is 0 Å². The highest BCUT2D eigenvalue weighted by molar-refractivity contribution is 6.20. The fourth-order valence-corrected chi connectivity index (χ4v) is 8.10. The third-order valence-electron chi connectivity index (χ3n) is 10.7. The van der Waals surface area contributed by atoms with E-state index in [4.69, 9.17) is 14.4 Å². The summed E-state index contributed by atoms with van der Waals surface area (Å²) in [6, 6.07) is 64.6. The first-order valence-electron chi connectivity index (χ1n) is 18.0. The first-order chi connectivity index (χ1) is 26.2. The number of benzene rings is 9. The summed E-state index contributed by atoms with van der Waals surface area (Å²) in [7, 11) is 0. The maximum Gasteiger partial charge on any atom is 0.160 e. The average Bonchev–Trinajstić information content (AvgIpc) is 3.61. The van der Waals surface area contributed by atoms with Gasteiger partial charge >= 0.3 is 0 Å². The fourth-order valence-electron chi connectivity index (χ4n) is 8.10. The van der Waals surface area contributed by atoms with Crippen LogP contribution in [0.15, 0.2) is 186 Å². The Morgan fingerprint density at radius 3 is 1.79 bits per heavy atom. The molecule has 3 nitrogen and oxygen atoms in total. The van der Waals surface area contributed by atoms with E-state index in [9.17, 15) is 0 Å². The van der Waals surface area contributed by atoms with Gasteiger partial charge in [-0.05, 0) is 96.7 Å². The zero-order valence-corrected chi connectivity index (χ0v) is 28.6.